The number of carbonyl (C=O) groups is 1. The van der Waals surface area contributed by atoms with Gasteiger partial charge in [-0.05, 0) is 31.0 Å². The molecule has 0 unspecified atom stereocenters. The summed E-state index contributed by atoms with van der Waals surface area (Å²) in [5, 5.41) is 9.50. The Morgan fingerprint density at radius 1 is 1.17 bits per heavy atom. The van der Waals surface area contributed by atoms with Gasteiger partial charge in [0, 0.05) is 43.9 Å². The molecule has 0 atom stereocenters. The van der Waals surface area contributed by atoms with Crippen LogP contribution in [-0.4, -0.2) is 50.7 Å². The Balaban J connectivity index is 1.36. The van der Waals surface area contributed by atoms with E-state index in [2.05, 4.69) is 30.7 Å². The van der Waals surface area contributed by atoms with Gasteiger partial charge in [-0.25, -0.2) is 18.7 Å². The molecular formula is C24H26F2N8O2. The maximum atomic E-state index is 15.1. The molecule has 3 aromatic heterocycles. The lowest BCUT2D eigenvalue weighted by atomic mass is 10.1. The van der Waals surface area contributed by atoms with Crippen molar-refractivity contribution in [3.8, 4) is 0 Å². The number of halogens is 2. The summed E-state index contributed by atoms with van der Waals surface area (Å²) >= 11 is 0. The molecule has 4 heterocycles. The van der Waals surface area contributed by atoms with Gasteiger partial charge in [-0.3, -0.25) is 4.79 Å². The molecule has 4 aromatic rings. The summed E-state index contributed by atoms with van der Waals surface area (Å²) in [6, 6.07) is 4.51. The standard InChI is InChI=1S/C24H26F2N8O2/c1-13(2)20-31-24(36-32-20)33-8-6-15(7-9-33)34-11-17(26)19-21(28-12-29-22(19)34)30-18-5-4-14(10-16(18)25)23(35)27-3/h4-5,10-13,15H,6-9H2,1-3H3,(H,27,35)(H,28,29,30). The first-order valence-electron chi connectivity index (χ1n) is 11.7. The summed E-state index contributed by atoms with van der Waals surface area (Å²) in [7, 11) is 1.47. The van der Waals surface area contributed by atoms with E-state index in [9.17, 15) is 9.18 Å². The zero-order valence-electron chi connectivity index (χ0n) is 20.1. The molecule has 2 N–H and O–H groups in total. The van der Waals surface area contributed by atoms with Crippen LogP contribution in [0.3, 0.4) is 0 Å². The lowest BCUT2D eigenvalue weighted by Crippen LogP contribution is -2.34. The minimum Gasteiger partial charge on any atom is -0.355 e. The minimum absolute atomic E-state index is 0.00654. The maximum Gasteiger partial charge on any atom is 0.324 e. The van der Waals surface area contributed by atoms with Gasteiger partial charge in [-0.1, -0.05) is 19.0 Å². The fourth-order valence-corrected chi connectivity index (χ4v) is 4.37. The highest BCUT2D eigenvalue weighted by atomic mass is 19.1. The van der Waals surface area contributed by atoms with E-state index in [1.165, 1.54) is 31.7 Å². The average Bonchev–Trinajstić information content (AvgIpc) is 3.51. The van der Waals surface area contributed by atoms with Crippen LogP contribution in [0.1, 0.15) is 54.8 Å². The van der Waals surface area contributed by atoms with Crippen molar-refractivity contribution in [1.29, 1.82) is 0 Å². The molecule has 0 aliphatic carbocycles. The quantitative estimate of drug-likeness (QED) is 0.409. The molecule has 1 aliphatic heterocycles. The number of hydrogen-bond donors (Lipinski definition) is 2. The second kappa shape index (κ2) is 9.51. The average molecular weight is 497 g/mol. The number of anilines is 3. The van der Waals surface area contributed by atoms with Crippen molar-refractivity contribution in [2.45, 2.75) is 38.6 Å². The van der Waals surface area contributed by atoms with Gasteiger partial charge in [0.2, 0.25) is 0 Å². The predicted molar refractivity (Wildman–Crippen MR) is 129 cm³/mol. The van der Waals surface area contributed by atoms with Gasteiger partial charge >= 0.3 is 6.01 Å². The summed E-state index contributed by atoms with van der Waals surface area (Å²) in [5.41, 5.74) is 0.673. The van der Waals surface area contributed by atoms with E-state index in [1.54, 1.807) is 0 Å². The van der Waals surface area contributed by atoms with E-state index in [0.29, 0.717) is 30.6 Å². The Kier molecular flexibility index (Phi) is 6.25. The summed E-state index contributed by atoms with van der Waals surface area (Å²) in [6.45, 7) is 5.35. The number of aromatic nitrogens is 5. The number of piperidine rings is 1. The van der Waals surface area contributed by atoms with Gasteiger partial charge in [-0.15, -0.1) is 0 Å². The fourth-order valence-electron chi connectivity index (χ4n) is 4.37. The number of carbonyl (C=O) groups excluding carboxylic acids is 1. The summed E-state index contributed by atoms with van der Waals surface area (Å²) in [5.74, 6) is -0.569. The Bertz CT molecular complexity index is 1410. The number of fused-ring (bicyclic) bond motifs is 1. The van der Waals surface area contributed by atoms with Gasteiger partial charge < -0.3 is 24.6 Å². The number of hydrogen-bond acceptors (Lipinski definition) is 8. The monoisotopic (exact) mass is 496 g/mol. The van der Waals surface area contributed by atoms with E-state index < -0.39 is 17.5 Å². The zero-order chi connectivity index (χ0) is 25.4. The number of nitrogens with one attached hydrogen (secondary N) is 2. The lowest BCUT2D eigenvalue weighted by Gasteiger charge is -2.31. The van der Waals surface area contributed by atoms with E-state index in [4.69, 9.17) is 4.52 Å². The molecule has 10 nitrogen and oxygen atoms in total. The number of rotatable bonds is 6. The fraction of sp³-hybridized carbons (Fsp3) is 0.375. The third-order valence-electron chi connectivity index (χ3n) is 6.35. The topological polar surface area (TPSA) is 114 Å². The predicted octanol–water partition coefficient (Wildman–Crippen LogP) is 4.16. The van der Waals surface area contributed by atoms with Crippen LogP contribution in [0.4, 0.5) is 26.3 Å². The maximum absolute atomic E-state index is 15.1. The first-order valence-corrected chi connectivity index (χ1v) is 11.7. The Labute approximate surface area is 205 Å². The molecule has 1 amide bonds. The SMILES string of the molecule is CNC(=O)c1ccc(Nc2ncnc3c2c(F)cn3C2CCN(c3nc(C(C)C)no3)CC2)c(F)c1. The van der Waals surface area contributed by atoms with Crippen LogP contribution >= 0.6 is 0 Å². The molecule has 1 saturated heterocycles. The van der Waals surface area contributed by atoms with Crippen molar-refractivity contribution >= 4 is 34.5 Å². The molecule has 5 rings (SSSR count). The van der Waals surface area contributed by atoms with Gasteiger partial charge in [-0.2, -0.15) is 4.98 Å². The summed E-state index contributed by atoms with van der Waals surface area (Å²) in [4.78, 5) is 26.7. The third-order valence-corrected chi connectivity index (χ3v) is 6.35. The van der Waals surface area contributed by atoms with Crippen LogP contribution in [0, 0.1) is 11.6 Å². The van der Waals surface area contributed by atoms with Gasteiger partial charge in [0.25, 0.3) is 5.91 Å². The molecule has 188 valence electrons. The molecule has 0 saturated carbocycles. The van der Waals surface area contributed by atoms with Crippen molar-refractivity contribution in [1.82, 2.24) is 30.0 Å². The zero-order valence-corrected chi connectivity index (χ0v) is 20.1. The van der Waals surface area contributed by atoms with Gasteiger partial charge in [0.05, 0.1) is 11.1 Å². The van der Waals surface area contributed by atoms with Crippen LogP contribution in [0.25, 0.3) is 11.0 Å². The first-order chi connectivity index (χ1) is 17.4. The normalized spacial score (nSPS) is 14.6. The molecule has 1 aliphatic rings. The molecular weight excluding hydrogens is 470 g/mol. The molecule has 0 spiro atoms. The second-order valence-corrected chi connectivity index (χ2v) is 9.01. The van der Waals surface area contributed by atoms with Crippen LogP contribution in [0.15, 0.2) is 35.2 Å². The van der Waals surface area contributed by atoms with Crippen molar-refractivity contribution in [2.24, 2.45) is 0 Å². The number of amides is 1. The number of benzene rings is 1. The Morgan fingerprint density at radius 2 is 1.94 bits per heavy atom. The van der Waals surface area contributed by atoms with E-state index in [-0.39, 0.29) is 34.4 Å². The molecule has 0 radical (unpaired) electrons. The van der Waals surface area contributed by atoms with Crippen molar-refractivity contribution < 1.29 is 18.1 Å². The van der Waals surface area contributed by atoms with E-state index in [1.807, 2.05) is 23.3 Å². The van der Waals surface area contributed by atoms with Gasteiger partial charge in [0.15, 0.2) is 11.6 Å². The molecule has 1 aromatic carbocycles. The van der Waals surface area contributed by atoms with Crippen molar-refractivity contribution in [2.75, 3.05) is 30.4 Å². The summed E-state index contributed by atoms with van der Waals surface area (Å²) in [6.07, 6.45) is 4.19. The third kappa shape index (κ3) is 4.34. The highest BCUT2D eigenvalue weighted by Crippen LogP contribution is 2.33. The number of nitrogens with zero attached hydrogens (tertiary/aromatic N) is 6. The van der Waals surface area contributed by atoms with Crippen molar-refractivity contribution in [3.05, 3.63) is 53.7 Å². The smallest absolute Gasteiger partial charge is 0.324 e. The summed E-state index contributed by atoms with van der Waals surface area (Å²) < 4.78 is 37.0. The molecule has 36 heavy (non-hydrogen) atoms. The van der Waals surface area contributed by atoms with Crippen molar-refractivity contribution in [3.63, 3.8) is 0 Å². The second-order valence-electron chi connectivity index (χ2n) is 9.01. The molecule has 0 bridgehead atoms. The first kappa shape index (κ1) is 23.6. The van der Waals surface area contributed by atoms with Crippen LogP contribution in [0.2, 0.25) is 0 Å². The molecule has 12 heteroatoms. The van der Waals surface area contributed by atoms with Crippen LogP contribution in [-0.2, 0) is 0 Å². The lowest BCUT2D eigenvalue weighted by molar-refractivity contribution is 0.0962. The van der Waals surface area contributed by atoms with E-state index >= 15 is 4.39 Å². The largest absolute Gasteiger partial charge is 0.355 e. The Hall–Kier alpha value is -4.09. The highest BCUT2D eigenvalue weighted by molar-refractivity contribution is 5.95. The minimum atomic E-state index is -0.656. The highest BCUT2D eigenvalue weighted by Gasteiger charge is 2.27. The van der Waals surface area contributed by atoms with Crippen LogP contribution in [0.5, 0.6) is 0 Å². The van der Waals surface area contributed by atoms with Crippen LogP contribution < -0.4 is 15.5 Å². The molecule has 1 fully saturated rings. The van der Waals surface area contributed by atoms with E-state index in [0.717, 1.165) is 18.9 Å². The van der Waals surface area contributed by atoms with Gasteiger partial charge in [0.1, 0.15) is 23.6 Å². The Morgan fingerprint density at radius 3 is 2.61 bits per heavy atom.